The number of hydrogen-bond acceptors (Lipinski definition) is 5. The molecule has 0 aliphatic heterocycles. The molecule has 4 rings (SSSR count). The van der Waals surface area contributed by atoms with E-state index in [2.05, 4.69) is 38.1 Å². The third-order valence-corrected chi connectivity index (χ3v) is 6.82. The Morgan fingerprint density at radius 1 is 0.742 bits per heavy atom. The molecule has 1 aromatic heterocycles. The molecular weight excluding hydrogens is 408 g/mol. The van der Waals surface area contributed by atoms with Crippen molar-refractivity contribution < 1.29 is 19.0 Å². The van der Waals surface area contributed by atoms with Crippen LogP contribution in [0.3, 0.4) is 0 Å². The van der Waals surface area contributed by atoms with Gasteiger partial charge >= 0.3 is 5.97 Å². The molecule has 0 aliphatic rings. The highest BCUT2D eigenvalue weighted by molar-refractivity contribution is 7.21. The van der Waals surface area contributed by atoms with Crippen molar-refractivity contribution in [3.63, 3.8) is 0 Å². The van der Waals surface area contributed by atoms with E-state index in [1.54, 1.807) is 14.2 Å². The van der Waals surface area contributed by atoms with Gasteiger partial charge in [-0.05, 0) is 72.0 Å². The van der Waals surface area contributed by atoms with Crippen molar-refractivity contribution in [3.8, 4) is 33.8 Å². The van der Waals surface area contributed by atoms with Crippen LogP contribution in [0.1, 0.15) is 20.8 Å². The van der Waals surface area contributed by atoms with Crippen LogP contribution < -0.4 is 9.47 Å². The first kappa shape index (κ1) is 20.9. The highest BCUT2D eigenvalue weighted by atomic mass is 32.1. The second-order valence-corrected chi connectivity index (χ2v) is 8.35. The number of rotatable bonds is 5. The van der Waals surface area contributed by atoms with Gasteiger partial charge in [-0.2, -0.15) is 0 Å². The maximum absolute atomic E-state index is 12.4. The monoisotopic (exact) mass is 432 g/mol. The van der Waals surface area contributed by atoms with Crippen LogP contribution in [0.5, 0.6) is 11.5 Å². The van der Waals surface area contributed by atoms with Crippen LogP contribution in [-0.2, 0) is 4.74 Å². The number of methoxy groups -OCH3 is 3. The average molecular weight is 433 g/mol. The Labute approximate surface area is 186 Å². The van der Waals surface area contributed by atoms with E-state index in [1.165, 1.54) is 29.6 Å². The molecule has 0 spiro atoms. The van der Waals surface area contributed by atoms with E-state index in [0.717, 1.165) is 43.8 Å². The zero-order valence-electron chi connectivity index (χ0n) is 18.2. The second kappa shape index (κ2) is 8.44. The molecule has 0 atom stereocenters. The lowest BCUT2D eigenvalue weighted by molar-refractivity contribution is 0.0606. The molecule has 0 fully saturated rings. The first-order chi connectivity index (χ1) is 15.0. The minimum Gasteiger partial charge on any atom is -0.497 e. The number of benzene rings is 3. The molecule has 0 radical (unpaired) electrons. The fourth-order valence-corrected chi connectivity index (χ4v) is 5.15. The van der Waals surface area contributed by atoms with Gasteiger partial charge in [-0.25, -0.2) is 4.79 Å². The fourth-order valence-electron chi connectivity index (χ4n) is 3.95. The lowest BCUT2D eigenvalue weighted by Gasteiger charge is -2.17. The first-order valence-electron chi connectivity index (χ1n) is 9.92. The van der Waals surface area contributed by atoms with E-state index in [4.69, 9.17) is 14.2 Å². The van der Waals surface area contributed by atoms with Gasteiger partial charge in [-0.3, -0.25) is 0 Å². The van der Waals surface area contributed by atoms with Crippen LogP contribution in [0.2, 0.25) is 0 Å². The van der Waals surface area contributed by atoms with E-state index in [9.17, 15) is 4.79 Å². The Kier molecular flexibility index (Phi) is 5.70. The van der Waals surface area contributed by atoms with Crippen molar-refractivity contribution in [1.29, 1.82) is 0 Å². The third-order valence-electron chi connectivity index (χ3n) is 5.68. The topological polar surface area (TPSA) is 44.8 Å². The predicted molar refractivity (Wildman–Crippen MR) is 127 cm³/mol. The average Bonchev–Trinajstić information content (AvgIpc) is 3.24. The van der Waals surface area contributed by atoms with Crippen LogP contribution in [0.25, 0.3) is 32.3 Å². The summed E-state index contributed by atoms with van der Waals surface area (Å²) in [4.78, 5) is 13.0. The summed E-state index contributed by atoms with van der Waals surface area (Å²) in [5.41, 5.74) is 6.79. The second-order valence-electron chi connectivity index (χ2n) is 7.30. The Morgan fingerprint density at radius 2 is 1.23 bits per heavy atom. The SMILES string of the molecule is COC(=O)c1cc2c(-c3ccc(OC)cc3)c(C)c(C)c(-c3ccc(OC)cc3)c2s1. The van der Waals surface area contributed by atoms with Gasteiger partial charge in [0.2, 0.25) is 0 Å². The molecule has 0 aliphatic carbocycles. The normalized spacial score (nSPS) is 10.9. The molecule has 0 unspecified atom stereocenters. The number of thiophene rings is 1. The molecule has 5 heteroatoms. The number of fused-ring (bicyclic) bond motifs is 1. The molecule has 0 amide bonds. The van der Waals surface area contributed by atoms with E-state index >= 15 is 0 Å². The summed E-state index contributed by atoms with van der Waals surface area (Å²) in [5.74, 6) is 1.30. The van der Waals surface area contributed by atoms with Gasteiger partial charge in [-0.15, -0.1) is 11.3 Å². The van der Waals surface area contributed by atoms with Gasteiger partial charge in [0.1, 0.15) is 16.4 Å². The third kappa shape index (κ3) is 3.66. The largest absolute Gasteiger partial charge is 0.497 e. The molecule has 1 heterocycles. The maximum Gasteiger partial charge on any atom is 0.348 e. The lowest BCUT2D eigenvalue weighted by Crippen LogP contribution is -1.96. The van der Waals surface area contributed by atoms with Gasteiger partial charge in [0.05, 0.1) is 21.3 Å². The lowest BCUT2D eigenvalue weighted by atomic mass is 9.88. The van der Waals surface area contributed by atoms with E-state index in [0.29, 0.717) is 4.88 Å². The van der Waals surface area contributed by atoms with Crippen LogP contribution in [0, 0.1) is 13.8 Å². The van der Waals surface area contributed by atoms with Crippen LogP contribution in [-0.4, -0.2) is 27.3 Å². The molecule has 158 valence electrons. The molecule has 0 bridgehead atoms. The van der Waals surface area contributed by atoms with Crippen molar-refractivity contribution in [2.24, 2.45) is 0 Å². The molecule has 31 heavy (non-hydrogen) atoms. The number of carbonyl (C=O) groups excluding carboxylic acids is 1. The highest BCUT2D eigenvalue weighted by Crippen LogP contribution is 2.45. The van der Waals surface area contributed by atoms with Crippen molar-refractivity contribution in [2.75, 3.05) is 21.3 Å². The Morgan fingerprint density at radius 3 is 1.71 bits per heavy atom. The summed E-state index contributed by atoms with van der Waals surface area (Å²) in [6.45, 7) is 4.27. The summed E-state index contributed by atoms with van der Waals surface area (Å²) in [5, 5.41) is 1.05. The number of carbonyl (C=O) groups is 1. The number of ether oxygens (including phenoxy) is 3. The van der Waals surface area contributed by atoms with Gasteiger partial charge in [0.15, 0.2) is 0 Å². The van der Waals surface area contributed by atoms with Gasteiger partial charge in [-0.1, -0.05) is 24.3 Å². The van der Waals surface area contributed by atoms with E-state index in [-0.39, 0.29) is 5.97 Å². The van der Waals surface area contributed by atoms with Gasteiger partial charge < -0.3 is 14.2 Å². The molecule has 0 saturated heterocycles. The number of esters is 1. The van der Waals surface area contributed by atoms with Crippen LogP contribution in [0.4, 0.5) is 0 Å². The summed E-state index contributed by atoms with van der Waals surface area (Å²) < 4.78 is 16.7. The zero-order chi connectivity index (χ0) is 22.1. The summed E-state index contributed by atoms with van der Waals surface area (Å²) in [6.07, 6.45) is 0. The fraction of sp³-hybridized carbons (Fsp3) is 0.192. The summed E-state index contributed by atoms with van der Waals surface area (Å²) >= 11 is 1.47. The van der Waals surface area contributed by atoms with Gasteiger partial charge in [0, 0.05) is 15.6 Å². The van der Waals surface area contributed by atoms with E-state index in [1.807, 2.05) is 30.3 Å². The Bertz CT molecular complexity index is 1160. The van der Waals surface area contributed by atoms with Crippen molar-refractivity contribution in [2.45, 2.75) is 13.8 Å². The van der Waals surface area contributed by atoms with Gasteiger partial charge in [0.25, 0.3) is 0 Å². The smallest absolute Gasteiger partial charge is 0.348 e. The Balaban J connectivity index is 2.04. The van der Waals surface area contributed by atoms with Crippen molar-refractivity contribution in [1.82, 2.24) is 0 Å². The standard InChI is InChI=1S/C26H24O4S/c1-15-16(2)24(18-8-12-20(29-4)13-9-18)25-21(14-22(31-25)26(27)30-5)23(15)17-6-10-19(28-3)11-7-17/h6-14H,1-5H3. The minimum absolute atomic E-state index is 0.321. The molecule has 4 nitrogen and oxygen atoms in total. The molecule has 4 aromatic rings. The number of hydrogen-bond donors (Lipinski definition) is 0. The highest BCUT2D eigenvalue weighted by Gasteiger charge is 2.21. The van der Waals surface area contributed by atoms with E-state index < -0.39 is 0 Å². The van der Waals surface area contributed by atoms with Crippen LogP contribution >= 0.6 is 11.3 Å². The first-order valence-corrected chi connectivity index (χ1v) is 10.7. The maximum atomic E-state index is 12.4. The molecule has 0 saturated carbocycles. The predicted octanol–water partition coefficient (Wildman–Crippen LogP) is 6.66. The van der Waals surface area contributed by atoms with Crippen LogP contribution in [0.15, 0.2) is 54.6 Å². The van der Waals surface area contributed by atoms with Crippen molar-refractivity contribution >= 4 is 27.4 Å². The summed E-state index contributed by atoms with van der Waals surface area (Å²) in [6, 6.07) is 18.0. The molecule has 0 N–H and O–H groups in total. The van der Waals surface area contributed by atoms with Crippen molar-refractivity contribution in [3.05, 3.63) is 70.6 Å². The molecule has 3 aromatic carbocycles. The minimum atomic E-state index is -0.321. The zero-order valence-corrected chi connectivity index (χ0v) is 19.1. The quantitative estimate of drug-likeness (QED) is 0.331. The molecular formula is C26H24O4S. The Hall–Kier alpha value is -3.31. The summed E-state index contributed by atoms with van der Waals surface area (Å²) in [7, 11) is 4.74.